The Bertz CT molecular complexity index is 656. The Balaban J connectivity index is 1.89. The molecule has 2 unspecified atom stereocenters. The average Bonchev–Trinajstić information content (AvgIpc) is 2.54. The molecule has 3 N–H and O–H groups in total. The first kappa shape index (κ1) is 18.3. The van der Waals surface area contributed by atoms with Crippen molar-refractivity contribution in [1.29, 1.82) is 0 Å². The van der Waals surface area contributed by atoms with Crippen molar-refractivity contribution in [2.24, 2.45) is 0 Å². The Kier molecular flexibility index (Phi) is 5.85. The minimum Gasteiger partial charge on any atom is -0.508 e. The Morgan fingerprint density at radius 1 is 1.00 bits per heavy atom. The number of hydrogen-bond acceptors (Lipinski definition) is 3. The zero-order valence-corrected chi connectivity index (χ0v) is 13.2. The van der Waals surface area contributed by atoms with E-state index in [1.165, 1.54) is 12.1 Å². The molecule has 0 aliphatic carbocycles. The minimum absolute atomic E-state index is 0.138. The number of aliphatic hydroxyl groups is 1. The SMILES string of the molecule is CC(CNCC(O)c1cccc(C(F)(F)F)c1)c1ccc(O)cc1. The van der Waals surface area contributed by atoms with Crippen LogP contribution in [0.5, 0.6) is 5.75 Å². The molecule has 3 nitrogen and oxygen atoms in total. The topological polar surface area (TPSA) is 52.5 Å². The fraction of sp³-hybridized carbons (Fsp3) is 0.333. The van der Waals surface area contributed by atoms with E-state index in [1.54, 1.807) is 12.1 Å². The van der Waals surface area contributed by atoms with E-state index in [2.05, 4.69) is 5.32 Å². The average molecular weight is 339 g/mol. The molecule has 2 rings (SSSR count). The summed E-state index contributed by atoms with van der Waals surface area (Å²) in [6, 6.07) is 11.5. The van der Waals surface area contributed by atoms with E-state index in [-0.39, 0.29) is 23.8 Å². The molecule has 0 bridgehead atoms. The molecular weight excluding hydrogens is 319 g/mol. The summed E-state index contributed by atoms with van der Waals surface area (Å²) >= 11 is 0. The van der Waals surface area contributed by atoms with Crippen LogP contribution in [0.1, 0.15) is 35.6 Å². The van der Waals surface area contributed by atoms with Crippen molar-refractivity contribution in [3.05, 3.63) is 65.2 Å². The van der Waals surface area contributed by atoms with Gasteiger partial charge in [0.1, 0.15) is 5.75 Å². The molecule has 0 saturated carbocycles. The second kappa shape index (κ2) is 7.68. The summed E-state index contributed by atoms with van der Waals surface area (Å²) in [6.07, 6.45) is -5.43. The number of halogens is 3. The first-order chi connectivity index (χ1) is 11.3. The van der Waals surface area contributed by atoms with Gasteiger partial charge in [0, 0.05) is 13.1 Å². The lowest BCUT2D eigenvalue weighted by Gasteiger charge is -2.17. The Labute approximate surface area is 138 Å². The summed E-state index contributed by atoms with van der Waals surface area (Å²) in [4.78, 5) is 0. The van der Waals surface area contributed by atoms with E-state index in [0.717, 1.165) is 17.7 Å². The van der Waals surface area contributed by atoms with Gasteiger partial charge in [0.25, 0.3) is 0 Å². The normalized spacial score (nSPS) is 14.4. The van der Waals surface area contributed by atoms with Gasteiger partial charge in [-0.3, -0.25) is 0 Å². The molecule has 0 aliphatic rings. The molecule has 24 heavy (non-hydrogen) atoms. The number of nitrogens with one attached hydrogen (secondary N) is 1. The number of aromatic hydroxyl groups is 1. The van der Waals surface area contributed by atoms with Gasteiger partial charge in [0.2, 0.25) is 0 Å². The summed E-state index contributed by atoms with van der Waals surface area (Å²) in [5.41, 5.74) is 0.486. The van der Waals surface area contributed by atoms with Crippen LogP contribution in [0.4, 0.5) is 13.2 Å². The molecule has 6 heteroatoms. The van der Waals surface area contributed by atoms with Crippen molar-refractivity contribution >= 4 is 0 Å². The maximum absolute atomic E-state index is 12.7. The van der Waals surface area contributed by atoms with Crippen LogP contribution in [0, 0.1) is 0 Å². The monoisotopic (exact) mass is 339 g/mol. The lowest BCUT2D eigenvalue weighted by Crippen LogP contribution is -2.25. The fourth-order valence-electron chi connectivity index (χ4n) is 2.40. The predicted octanol–water partition coefficient (Wildman–Crippen LogP) is 3.84. The smallest absolute Gasteiger partial charge is 0.416 e. The van der Waals surface area contributed by atoms with Crippen LogP contribution in [0.25, 0.3) is 0 Å². The molecule has 0 aliphatic heterocycles. The summed E-state index contributed by atoms with van der Waals surface area (Å²) < 4.78 is 38.1. The number of hydrogen-bond donors (Lipinski definition) is 3. The van der Waals surface area contributed by atoms with Crippen LogP contribution in [0.15, 0.2) is 48.5 Å². The van der Waals surface area contributed by atoms with E-state index in [0.29, 0.717) is 6.54 Å². The van der Waals surface area contributed by atoms with Crippen molar-refractivity contribution in [3.63, 3.8) is 0 Å². The summed E-state index contributed by atoms with van der Waals surface area (Å²) in [6.45, 7) is 2.70. The number of aliphatic hydroxyl groups excluding tert-OH is 1. The molecule has 0 aromatic heterocycles. The van der Waals surface area contributed by atoms with Gasteiger partial charge in [0.05, 0.1) is 11.7 Å². The minimum atomic E-state index is -4.42. The first-order valence-corrected chi connectivity index (χ1v) is 7.62. The lowest BCUT2D eigenvalue weighted by molar-refractivity contribution is -0.137. The number of rotatable bonds is 6. The highest BCUT2D eigenvalue weighted by atomic mass is 19.4. The second-order valence-corrected chi connectivity index (χ2v) is 5.79. The Morgan fingerprint density at radius 3 is 2.29 bits per heavy atom. The summed E-state index contributed by atoms with van der Waals surface area (Å²) in [5.74, 6) is 0.332. The van der Waals surface area contributed by atoms with Crippen LogP contribution < -0.4 is 5.32 Å². The van der Waals surface area contributed by atoms with Gasteiger partial charge in [-0.05, 0) is 41.3 Å². The standard InChI is InChI=1S/C18H20F3NO2/c1-12(13-5-7-16(23)8-6-13)10-22-11-17(24)14-3-2-4-15(9-14)18(19,20)21/h2-9,12,17,22-24H,10-11H2,1H3. The molecule has 130 valence electrons. The third kappa shape index (κ3) is 4.97. The van der Waals surface area contributed by atoms with Gasteiger partial charge in [-0.2, -0.15) is 13.2 Å². The van der Waals surface area contributed by atoms with Crippen molar-refractivity contribution in [3.8, 4) is 5.75 Å². The molecule has 0 amide bonds. The quantitative estimate of drug-likeness (QED) is 0.749. The van der Waals surface area contributed by atoms with E-state index in [1.807, 2.05) is 19.1 Å². The van der Waals surface area contributed by atoms with Crippen molar-refractivity contribution < 1.29 is 23.4 Å². The highest BCUT2D eigenvalue weighted by Gasteiger charge is 2.30. The van der Waals surface area contributed by atoms with Crippen LogP contribution in [-0.2, 0) is 6.18 Å². The zero-order valence-electron chi connectivity index (χ0n) is 13.2. The van der Waals surface area contributed by atoms with Crippen LogP contribution >= 0.6 is 0 Å². The Hall–Kier alpha value is -2.05. The highest BCUT2D eigenvalue weighted by Crippen LogP contribution is 2.30. The largest absolute Gasteiger partial charge is 0.508 e. The number of phenolic OH excluding ortho intramolecular Hbond substituents is 1. The van der Waals surface area contributed by atoms with Gasteiger partial charge in [0.15, 0.2) is 0 Å². The highest BCUT2D eigenvalue weighted by molar-refractivity contribution is 5.29. The van der Waals surface area contributed by atoms with Crippen molar-refractivity contribution in [1.82, 2.24) is 5.32 Å². The zero-order chi connectivity index (χ0) is 17.7. The van der Waals surface area contributed by atoms with Gasteiger partial charge in [-0.25, -0.2) is 0 Å². The molecule has 2 aromatic rings. The van der Waals surface area contributed by atoms with Crippen LogP contribution in [0.3, 0.4) is 0 Å². The van der Waals surface area contributed by atoms with Gasteiger partial charge in [-0.15, -0.1) is 0 Å². The third-order valence-corrected chi connectivity index (χ3v) is 3.85. The third-order valence-electron chi connectivity index (χ3n) is 3.85. The molecule has 0 spiro atoms. The molecule has 0 radical (unpaired) electrons. The number of benzene rings is 2. The van der Waals surface area contributed by atoms with E-state index >= 15 is 0 Å². The van der Waals surface area contributed by atoms with Gasteiger partial charge >= 0.3 is 6.18 Å². The Morgan fingerprint density at radius 2 is 1.67 bits per heavy atom. The maximum atomic E-state index is 12.7. The number of phenols is 1. The molecular formula is C18H20F3NO2. The van der Waals surface area contributed by atoms with Gasteiger partial charge < -0.3 is 15.5 Å². The molecule has 2 aromatic carbocycles. The molecule has 0 fully saturated rings. The lowest BCUT2D eigenvalue weighted by atomic mass is 10.0. The second-order valence-electron chi connectivity index (χ2n) is 5.79. The molecule has 0 heterocycles. The summed E-state index contributed by atoms with van der Waals surface area (Å²) in [7, 11) is 0. The maximum Gasteiger partial charge on any atom is 0.416 e. The van der Waals surface area contributed by atoms with E-state index < -0.39 is 17.8 Å². The van der Waals surface area contributed by atoms with Crippen molar-refractivity contribution in [2.75, 3.05) is 13.1 Å². The molecule has 2 atom stereocenters. The van der Waals surface area contributed by atoms with Crippen LogP contribution in [0.2, 0.25) is 0 Å². The molecule has 0 saturated heterocycles. The number of alkyl halides is 3. The fourth-order valence-corrected chi connectivity index (χ4v) is 2.40. The van der Waals surface area contributed by atoms with E-state index in [9.17, 15) is 23.4 Å². The summed E-state index contributed by atoms with van der Waals surface area (Å²) in [5, 5.41) is 22.4. The van der Waals surface area contributed by atoms with E-state index in [4.69, 9.17) is 0 Å². The van der Waals surface area contributed by atoms with Crippen molar-refractivity contribution in [2.45, 2.75) is 25.1 Å². The van der Waals surface area contributed by atoms with Gasteiger partial charge in [-0.1, -0.05) is 31.2 Å². The van der Waals surface area contributed by atoms with Crippen LogP contribution in [-0.4, -0.2) is 23.3 Å². The first-order valence-electron chi connectivity index (χ1n) is 7.62. The predicted molar refractivity (Wildman–Crippen MR) is 85.8 cm³/mol.